The molecule has 0 bridgehead atoms. The Morgan fingerprint density at radius 2 is 2.15 bits per heavy atom. The summed E-state index contributed by atoms with van der Waals surface area (Å²) in [5.41, 5.74) is -0.0384. The van der Waals surface area contributed by atoms with Crippen LogP contribution in [0.2, 0.25) is 5.15 Å². The Balaban J connectivity index is 2.34. The van der Waals surface area contributed by atoms with E-state index in [0.717, 1.165) is 16.7 Å². The molecule has 8 heteroatoms. The lowest BCUT2D eigenvalue weighted by molar-refractivity contribution is -0.385. The number of carbonyl (C=O) groups is 1. The summed E-state index contributed by atoms with van der Waals surface area (Å²) in [6, 6.07) is 8.02. The molecule has 0 saturated carbocycles. The number of amides is 1. The van der Waals surface area contributed by atoms with Gasteiger partial charge in [-0.15, -0.1) is 0 Å². The van der Waals surface area contributed by atoms with Crippen LogP contribution in [0.5, 0.6) is 0 Å². The van der Waals surface area contributed by atoms with Crippen molar-refractivity contribution in [2.24, 2.45) is 0 Å². The first-order chi connectivity index (χ1) is 9.47. The molecule has 0 aliphatic heterocycles. The molecule has 0 radical (unpaired) electrons. The van der Waals surface area contributed by atoms with Crippen molar-refractivity contribution in [3.8, 4) is 0 Å². The van der Waals surface area contributed by atoms with Crippen LogP contribution in [0, 0.1) is 10.1 Å². The van der Waals surface area contributed by atoms with Crippen molar-refractivity contribution in [2.75, 3.05) is 5.32 Å². The zero-order chi connectivity index (χ0) is 14.7. The van der Waals surface area contributed by atoms with E-state index < -0.39 is 16.5 Å². The zero-order valence-corrected chi connectivity index (χ0v) is 12.2. The van der Waals surface area contributed by atoms with Gasteiger partial charge < -0.3 is 5.32 Å². The van der Waals surface area contributed by atoms with E-state index in [4.69, 9.17) is 11.6 Å². The predicted molar refractivity (Wildman–Crippen MR) is 78.0 cm³/mol. The van der Waals surface area contributed by atoms with E-state index in [1.807, 2.05) is 0 Å². The van der Waals surface area contributed by atoms with E-state index in [1.54, 1.807) is 24.3 Å². The van der Waals surface area contributed by atoms with Crippen molar-refractivity contribution in [3.63, 3.8) is 0 Å². The Bertz CT molecular complexity index is 693. The molecule has 2 rings (SSSR count). The normalized spacial score (nSPS) is 10.1. The first kappa shape index (κ1) is 14.4. The molecule has 0 aliphatic rings. The minimum absolute atomic E-state index is 0.00925. The van der Waals surface area contributed by atoms with Crippen LogP contribution in [-0.2, 0) is 0 Å². The molecule has 0 aliphatic carbocycles. The van der Waals surface area contributed by atoms with Crippen LogP contribution in [-0.4, -0.2) is 15.8 Å². The van der Waals surface area contributed by atoms with Gasteiger partial charge in [-0.1, -0.05) is 33.6 Å². The predicted octanol–water partition coefficient (Wildman–Crippen LogP) is 3.66. The van der Waals surface area contributed by atoms with Crippen LogP contribution in [0.4, 0.5) is 11.4 Å². The summed E-state index contributed by atoms with van der Waals surface area (Å²) in [5.74, 6) is -0.626. The molecule has 1 aromatic heterocycles. The van der Waals surface area contributed by atoms with Crippen molar-refractivity contribution < 1.29 is 9.72 Å². The van der Waals surface area contributed by atoms with Gasteiger partial charge in [0, 0.05) is 10.2 Å². The van der Waals surface area contributed by atoms with Crippen molar-refractivity contribution >= 4 is 44.8 Å². The van der Waals surface area contributed by atoms with Gasteiger partial charge in [0.15, 0.2) is 0 Å². The SMILES string of the molecule is O=C(Nc1cccc(Br)c1)c1cc(Cl)ncc1[N+](=O)[O-]. The van der Waals surface area contributed by atoms with E-state index in [-0.39, 0.29) is 10.7 Å². The molecular weight excluding hydrogens is 350 g/mol. The van der Waals surface area contributed by atoms with Crippen LogP contribution in [0.3, 0.4) is 0 Å². The smallest absolute Gasteiger partial charge is 0.300 e. The van der Waals surface area contributed by atoms with E-state index >= 15 is 0 Å². The number of anilines is 1. The average Bonchev–Trinajstić information content (AvgIpc) is 2.38. The van der Waals surface area contributed by atoms with E-state index in [0.29, 0.717) is 5.69 Å². The van der Waals surface area contributed by atoms with Gasteiger partial charge >= 0.3 is 0 Å². The number of hydrogen-bond acceptors (Lipinski definition) is 4. The fourth-order valence-electron chi connectivity index (χ4n) is 1.51. The molecule has 0 unspecified atom stereocenters. The topological polar surface area (TPSA) is 85.1 Å². The molecular formula is C12H7BrClN3O3. The minimum Gasteiger partial charge on any atom is -0.322 e. The lowest BCUT2D eigenvalue weighted by Crippen LogP contribution is -2.14. The van der Waals surface area contributed by atoms with Crippen LogP contribution in [0.1, 0.15) is 10.4 Å². The third-order valence-corrected chi connectivity index (χ3v) is 3.07. The molecule has 102 valence electrons. The fourth-order valence-corrected chi connectivity index (χ4v) is 2.07. The number of hydrogen-bond donors (Lipinski definition) is 1. The maximum absolute atomic E-state index is 12.1. The third kappa shape index (κ3) is 3.31. The molecule has 2 aromatic rings. The van der Waals surface area contributed by atoms with Crippen molar-refractivity contribution in [2.45, 2.75) is 0 Å². The molecule has 20 heavy (non-hydrogen) atoms. The van der Waals surface area contributed by atoms with Crippen molar-refractivity contribution in [1.82, 2.24) is 4.98 Å². The quantitative estimate of drug-likeness (QED) is 0.516. The van der Waals surface area contributed by atoms with Crippen LogP contribution in [0.15, 0.2) is 41.0 Å². The number of aromatic nitrogens is 1. The highest BCUT2D eigenvalue weighted by atomic mass is 79.9. The number of nitro groups is 1. The van der Waals surface area contributed by atoms with Gasteiger partial charge in [-0.25, -0.2) is 4.98 Å². The second-order valence-corrected chi connectivity index (χ2v) is 5.05. The molecule has 0 spiro atoms. The monoisotopic (exact) mass is 355 g/mol. The van der Waals surface area contributed by atoms with Gasteiger partial charge in [-0.3, -0.25) is 14.9 Å². The summed E-state index contributed by atoms with van der Waals surface area (Å²) in [7, 11) is 0. The van der Waals surface area contributed by atoms with Gasteiger partial charge in [0.2, 0.25) is 0 Å². The summed E-state index contributed by atoms with van der Waals surface area (Å²) in [4.78, 5) is 25.9. The number of nitrogens with one attached hydrogen (secondary N) is 1. The highest BCUT2D eigenvalue weighted by molar-refractivity contribution is 9.10. The van der Waals surface area contributed by atoms with Crippen molar-refractivity contribution in [3.05, 3.63) is 61.8 Å². The van der Waals surface area contributed by atoms with E-state index in [9.17, 15) is 14.9 Å². The van der Waals surface area contributed by atoms with Crippen LogP contribution < -0.4 is 5.32 Å². The van der Waals surface area contributed by atoms with Crippen LogP contribution >= 0.6 is 27.5 Å². The first-order valence-electron chi connectivity index (χ1n) is 5.34. The standard InChI is InChI=1S/C12H7BrClN3O3/c13-7-2-1-3-8(4-7)16-12(18)9-5-11(14)15-6-10(9)17(19)20/h1-6H,(H,16,18). The number of nitrogens with zero attached hydrogens (tertiary/aromatic N) is 2. The number of halogens is 2. The number of carbonyl (C=O) groups excluding carboxylic acids is 1. The highest BCUT2D eigenvalue weighted by Gasteiger charge is 2.21. The Morgan fingerprint density at radius 3 is 2.80 bits per heavy atom. The summed E-state index contributed by atoms with van der Waals surface area (Å²) in [6.07, 6.45) is 0.957. The molecule has 0 fully saturated rings. The Morgan fingerprint density at radius 1 is 1.40 bits per heavy atom. The summed E-state index contributed by atoms with van der Waals surface area (Å²) in [5, 5.41) is 13.5. The van der Waals surface area contributed by atoms with Gasteiger partial charge in [-0.2, -0.15) is 0 Å². The number of benzene rings is 1. The minimum atomic E-state index is -0.681. The lowest BCUT2D eigenvalue weighted by atomic mass is 10.2. The van der Waals surface area contributed by atoms with Crippen molar-refractivity contribution in [1.29, 1.82) is 0 Å². The summed E-state index contributed by atoms with van der Waals surface area (Å²) in [6.45, 7) is 0. The molecule has 1 amide bonds. The molecule has 1 heterocycles. The maximum atomic E-state index is 12.1. The zero-order valence-electron chi connectivity index (χ0n) is 9.84. The largest absolute Gasteiger partial charge is 0.322 e. The molecule has 1 aromatic carbocycles. The highest BCUT2D eigenvalue weighted by Crippen LogP contribution is 2.22. The maximum Gasteiger partial charge on any atom is 0.300 e. The molecule has 0 atom stereocenters. The molecule has 1 N–H and O–H groups in total. The van der Waals surface area contributed by atoms with Gasteiger partial charge in [0.25, 0.3) is 11.6 Å². The van der Waals surface area contributed by atoms with E-state index in [1.165, 1.54) is 0 Å². The van der Waals surface area contributed by atoms with E-state index in [2.05, 4.69) is 26.2 Å². The first-order valence-corrected chi connectivity index (χ1v) is 6.51. The number of pyridine rings is 1. The average molecular weight is 357 g/mol. The van der Waals surface area contributed by atoms with Crippen LogP contribution in [0.25, 0.3) is 0 Å². The Labute approximate surface area is 127 Å². The van der Waals surface area contributed by atoms with Gasteiger partial charge in [0.05, 0.1) is 4.92 Å². The summed E-state index contributed by atoms with van der Waals surface area (Å²) < 4.78 is 0.776. The number of rotatable bonds is 3. The molecule has 6 nitrogen and oxygen atoms in total. The lowest BCUT2D eigenvalue weighted by Gasteiger charge is -2.06. The fraction of sp³-hybridized carbons (Fsp3) is 0. The second kappa shape index (κ2) is 5.98. The van der Waals surface area contributed by atoms with Gasteiger partial charge in [-0.05, 0) is 24.3 Å². The van der Waals surface area contributed by atoms with Gasteiger partial charge in [0.1, 0.15) is 16.9 Å². The Kier molecular flexibility index (Phi) is 4.31. The molecule has 0 saturated heterocycles. The Hall–Kier alpha value is -1.99. The second-order valence-electron chi connectivity index (χ2n) is 3.75. The third-order valence-electron chi connectivity index (χ3n) is 2.37. The summed E-state index contributed by atoms with van der Waals surface area (Å²) >= 11 is 8.94.